The van der Waals surface area contributed by atoms with Crippen LogP contribution in [0, 0.1) is 6.92 Å². The first-order valence-corrected chi connectivity index (χ1v) is 6.50. The van der Waals surface area contributed by atoms with Crippen LogP contribution in [0.2, 0.25) is 5.02 Å². The van der Waals surface area contributed by atoms with Crippen molar-refractivity contribution in [1.29, 1.82) is 0 Å². The molecule has 0 bridgehead atoms. The molecule has 0 spiro atoms. The van der Waals surface area contributed by atoms with Crippen LogP contribution in [-0.4, -0.2) is 9.78 Å². The molecule has 0 fully saturated rings. The second-order valence-corrected chi connectivity index (χ2v) is 4.80. The van der Waals surface area contributed by atoms with E-state index in [0.717, 1.165) is 16.9 Å². The van der Waals surface area contributed by atoms with E-state index in [4.69, 9.17) is 11.6 Å². The molecule has 0 saturated carbocycles. The highest BCUT2D eigenvalue weighted by Gasteiger charge is 2.09. The molecule has 94 valence electrons. The van der Waals surface area contributed by atoms with Crippen molar-refractivity contribution >= 4 is 11.6 Å². The molecule has 1 heterocycles. The second kappa shape index (κ2) is 4.90. The van der Waals surface area contributed by atoms with Gasteiger partial charge in [-0.1, -0.05) is 54.1 Å². The van der Waals surface area contributed by atoms with Gasteiger partial charge in [-0.3, -0.25) is 0 Å². The van der Waals surface area contributed by atoms with Crippen molar-refractivity contribution in [3.63, 3.8) is 0 Å². The van der Waals surface area contributed by atoms with Gasteiger partial charge in [-0.25, -0.2) is 4.68 Å². The predicted octanol–water partition coefficient (Wildman–Crippen LogP) is 4.50. The number of rotatable bonds is 2. The third-order valence-electron chi connectivity index (χ3n) is 3.08. The number of para-hydroxylation sites is 1. The SMILES string of the molecule is Cc1nn(-c2ccccc2Cl)cc1-c1ccccc1. The van der Waals surface area contributed by atoms with Gasteiger partial charge in [-0.15, -0.1) is 0 Å². The maximum absolute atomic E-state index is 6.21. The summed E-state index contributed by atoms with van der Waals surface area (Å²) in [6.45, 7) is 2.01. The van der Waals surface area contributed by atoms with Gasteiger partial charge in [0.15, 0.2) is 0 Å². The zero-order valence-corrected chi connectivity index (χ0v) is 11.3. The molecule has 0 amide bonds. The Hall–Kier alpha value is -2.06. The first-order chi connectivity index (χ1) is 9.25. The van der Waals surface area contributed by atoms with Crippen LogP contribution < -0.4 is 0 Å². The fourth-order valence-electron chi connectivity index (χ4n) is 2.12. The van der Waals surface area contributed by atoms with Gasteiger partial charge in [0.25, 0.3) is 0 Å². The fourth-order valence-corrected chi connectivity index (χ4v) is 2.34. The summed E-state index contributed by atoms with van der Waals surface area (Å²) in [6.07, 6.45) is 2.02. The van der Waals surface area contributed by atoms with Crippen LogP contribution in [0.5, 0.6) is 0 Å². The van der Waals surface area contributed by atoms with Crippen LogP contribution in [0.1, 0.15) is 5.69 Å². The quantitative estimate of drug-likeness (QED) is 0.669. The van der Waals surface area contributed by atoms with Crippen molar-refractivity contribution in [3.8, 4) is 16.8 Å². The van der Waals surface area contributed by atoms with E-state index in [1.807, 2.05) is 60.3 Å². The van der Waals surface area contributed by atoms with E-state index >= 15 is 0 Å². The molecular weight excluding hydrogens is 256 g/mol. The highest BCUT2D eigenvalue weighted by molar-refractivity contribution is 6.32. The molecule has 1 aromatic heterocycles. The molecule has 19 heavy (non-hydrogen) atoms. The molecule has 0 radical (unpaired) electrons. The number of aromatic nitrogens is 2. The third-order valence-corrected chi connectivity index (χ3v) is 3.40. The molecule has 2 aromatic carbocycles. The summed E-state index contributed by atoms with van der Waals surface area (Å²) in [4.78, 5) is 0. The highest BCUT2D eigenvalue weighted by Crippen LogP contribution is 2.26. The maximum atomic E-state index is 6.21. The van der Waals surface area contributed by atoms with Crippen molar-refractivity contribution < 1.29 is 0 Å². The summed E-state index contributed by atoms with van der Waals surface area (Å²) in [5.41, 5.74) is 4.18. The lowest BCUT2D eigenvalue weighted by atomic mass is 10.1. The highest BCUT2D eigenvalue weighted by atomic mass is 35.5. The number of aryl methyl sites for hydroxylation is 1. The van der Waals surface area contributed by atoms with E-state index in [2.05, 4.69) is 17.2 Å². The van der Waals surface area contributed by atoms with Crippen LogP contribution >= 0.6 is 11.6 Å². The minimum atomic E-state index is 0.699. The molecule has 3 aromatic rings. The van der Waals surface area contributed by atoms with E-state index in [1.165, 1.54) is 5.56 Å². The van der Waals surface area contributed by atoms with Gasteiger partial charge in [-0.2, -0.15) is 5.10 Å². The summed E-state index contributed by atoms with van der Waals surface area (Å²) in [7, 11) is 0. The molecule has 0 aliphatic rings. The van der Waals surface area contributed by atoms with Crippen molar-refractivity contribution in [1.82, 2.24) is 9.78 Å². The van der Waals surface area contributed by atoms with Crippen LogP contribution in [0.4, 0.5) is 0 Å². The molecule has 0 aliphatic heterocycles. The summed E-state index contributed by atoms with van der Waals surface area (Å²) < 4.78 is 1.83. The van der Waals surface area contributed by atoms with Crippen LogP contribution in [0.15, 0.2) is 60.8 Å². The number of nitrogens with zero attached hydrogens (tertiary/aromatic N) is 2. The Bertz CT molecular complexity index is 702. The third kappa shape index (κ3) is 2.27. The number of hydrogen-bond donors (Lipinski definition) is 0. The normalized spacial score (nSPS) is 10.6. The lowest BCUT2D eigenvalue weighted by molar-refractivity contribution is 0.863. The van der Waals surface area contributed by atoms with Gasteiger partial charge >= 0.3 is 0 Å². The predicted molar refractivity (Wildman–Crippen MR) is 78.7 cm³/mol. The molecule has 0 unspecified atom stereocenters. The minimum Gasteiger partial charge on any atom is -0.239 e. The molecule has 3 heteroatoms. The Morgan fingerprint density at radius 2 is 1.63 bits per heavy atom. The minimum absolute atomic E-state index is 0.699. The Morgan fingerprint density at radius 3 is 2.37 bits per heavy atom. The van der Waals surface area contributed by atoms with Gasteiger partial charge in [0, 0.05) is 11.8 Å². The molecule has 0 N–H and O–H groups in total. The zero-order valence-electron chi connectivity index (χ0n) is 10.5. The fraction of sp³-hybridized carbons (Fsp3) is 0.0625. The zero-order chi connectivity index (χ0) is 13.2. The van der Waals surface area contributed by atoms with E-state index in [-0.39, 0.29) is 0 Å². The lowest BCUT2D eigenvalue weighted by Gasteiger charge is -2.02. The van der Waals surface area contributed by atoms with E-state index in [1.54, 1.807) is 0 Å². The Morgan fingerprint density at radius 1 is 0.947 bits per heavy atom. The topological polar surface area (TPSA) is 17.8 Å². The largest absolute Gasteiger partial charge is 0.239 e. The Balaban J connectivity index is 2.10. The summed E-state index contributed by atoms with van der Waals surface area (Å²) in [5.74, 6) is 0. The Kier molecular flexibility index (Phi) is 3.10. The molecule has 0 aliphatic carbocycles. The van der Waals surface area contributed by atoms with E-state index in [0.29, 0.717) is 5.02 Å². The number of hydrogen-bond acceptors (Lipinski definition) is 1. The monoisotopic (exact) mass is 268 g/mol. The molecule has 0 saturated heterocycles. The number of benzene rings is 2. The average Bonchev–Trinajstić information content (AvgIpc) is 2.82. The number of halogens is 1. The van der Waals surface area contributed by atoms with Crippen molar-refractivity contribution in [2.45, 2.75) is 6.92 Å². The summed E-state index contributed by atoms with van der Waals surface area (Å²) in [6, 6.07) is 17.9. The smallest absolute Gasteiger partial charge is 0.0832 e. The maximum Gasteiger partial charge on any atom is 0.0832 e. The molecule has 3 rings (SSSR count). The lowest BCUT2D eigenvalue weighted by Crippen LogP contribution is -1.95. The standard InChI is InChI=1S/C16H13ClN2/c1-12-14(13-7-3-2-4-8-13)11-19(18-12)16-10-6-5-9-15(16)17/h2-11H,1H3. The Labute approximate surface area is 117 Å². The van der Waals surface area contributed by atoms with Gasteiger partial charge in [0.05, 0.1) is 16.4 Å². The van der Waals surface area contributed by atoms with Gasteiger partial charge in [-0.05, 0) is 24.6 Å². The van der Waals surface area contributed by atoms with E-state index < -0.39 is 0 Å². The van der Waals surface area contributed by atoms with Crippen LogP contribution in [0.25, 0.3) is 16.8 Å². The van der Waals surface area contributed by atoms with Crippen LogP contribution in [0.3, 0.4) is 0 Å². The first kappa shape index (κ1) is 12.0. The average molecular weight is 269 g/mol. The van der Waals surface area contributed by atoms with Crippen molar-refractivity contribution in [2.24, 2.45) is 0 Å². The summed E-state index contributed by atoms with van der Waals surface area (Å²) >= 11 is 6.21. The summed E-state index contributed by atoms with van der Waals surface area (Å²) in [5, 5.41) is 5.25. The van der Waals surface area contributed by atoms with Gasteiger partial charge < -0.3 is 0 Å². The first-order valence-electron chi connectivity index (χ1n) is 6.12. The second-order valence-electron chi connectivity index (χ2n) is 4.39. The van der Waals surface area contributed by atoms with Gasteiger partial charge in [0.2, 0.25) is 0 Å². The molecular formula is C16H13ClN2. The van der Waals surface area contributed by atoms with E-state index in [9.17, 15) is 0 Å². The van der Waals surface area contributed by atoms with Gasteiger partial charge in [0.1, 0.15) is 0 Å². The van der Waals surface area contributed by atoms with Crippen molar-refractivity contribution in [3.05, 3.63) is 71.5 Å². The molecule has 0 atom stereocenters. The van der Waals surface area contributed by atoms with Crippen LogP contribution in [-0.2, 0) is 0 Å². The molecule has 2 nitrogen and oxygen atoms in total. The van der Waals surface area contributed by atoms with Crippen molar-refractivity contribution in [2.75, 3.05) is 0 Å².